The van der Waals surface area contributed by atoms with Gasteiger partial charge in [-0.2, -0.15) is 0 Å². The zero-order valence-corrected chi connectivity index (χ0v) is 13.9. The van der Waals surface area contributed by atoms with Gasteiger partial charge in [0.1, 0.15) is 5.56 Å². The lowest BCUT2D eigenvalue weighted by Gasteiger charge is -2.20. The molecule has 6 heteroatoms. The first-order valence-electron chi connectivity index (χ1n) is 6.85. The minimum absolute atomic E-state index is 0.117. The van der Waals surface area contributed by atoms with Gasteiger partial charge in [-0.25, -0.2) is 14.8 Å². The molecule has 0 radical (unpaired) electrons. The molecule has 0 saturated heterocycles. The van der Waals surface area contributed by atoms with Crippen molar-refractivity contribution >= 4 is 17.7 Å². The molecule has 0 spiro atoms. The van der Waals surface area contributed by atoms with Crippen LogP contribution in [0.2, 0.25) is 0 Å². The van der Waals surface area contributed by atoms with Crippen molar-refractivity contribution in [1.82, 2.24) is 14.9 Å². The molecule has 116 valence electrons. The van der Waals surface area contributed by atoms with Crippen LogP contribution in [0, 0.1) is 0 Å². The van der Waals surface area contributed by atoms with Crippen LogP contribution in [0.15, 0.2) is 35.6 Å². The summed E-state index contributed by atoms with van der Waals surface area (Å²) in [6.07, 6.45) is 3.23. The number of hydrogen-bond donors (Lipinski definition) is 1. The summed E-state index contributed by atoms with van der Waals surface area (Å²) in [4.78, 5) is 21.9. The quantitative estimate of drug-likeness (QED) is 0.675. The van der Waals surface area contributed by atoms with E-state index in [9.17, 15) is 9.90 Å². The fourth-order valence-corrected chi connectivity index (χ4v) is 2.40. The Morgan fingerprint density at radius 1 is 1.27 bits per heavy atom. The summed E-state index contributed by atoms with van der Waals surface area (Å²) in [5.41, 5.74) is 2.52. The van der Waals surface area contributed by atoms with Gasteiger partial charge in [0.05, 0.1) is 5.69 Å². The van der Waals surface area contributed by atoms with Crippen LogP contribution in [0.5, 0.6) is 0 Å². The SMILES string of the molecule is CSc1ncc(C(=O)O)c(-c2ccc([C@H](C)N(C)C)cc2)n1. The zero-order valence-electron chi connectivity index (χ0n) is 13.1. The summed E-state index contributed by atoms with van der Waals surface area (Å²) in [5.74, 6) is -1.02. The Hall–Kier alpha value is -1.92. The van der Waals surface area contributed by atoms with Crippen molar-refractivity contribution in [2.75, 3.05) is 20.4 Å². The number of hydrogen-bond acceptors (Lipinski definition) is 5. The number of thioether (sulfide) groups is 1. The van der Waals surface area contributed by atoms with Crippen LogP contribution in [-0.2, 0) is 0 Å². The Morgan fingerprint density at radius 3 is 2.41 bits per heavy atom. The minimum atomic E-state index is -1.02. The summed E-state index contributed by atoms with van der Waals surface area (Å²) >= 11 is 1.39. The molecule has 5 nitrogen and oxygen atoms in total. The highest BCUT2D eigenvalue weighted by Gasteiger charge is 2.16. The van der Waals surface area contributed by atoms with Crippen molar-refractivity contribution in [3.05, 3.63) is 41.6 Å². The van der Waals surface area contributed by atoms with E-state index in [0.717, 1.165) is 5.56 Å². The van der Waals surface area contributed by atoms with E-state index in [-0.39, 0.29) is 5.56 Å². The molecule has 0 unspecified atom stereocenters. The van der Waals surface area contributed by atoms with Crippen molar-refractivity contribution in [3.8, 4) is 11.3 Å². The van der Waals surface area contributed by atoms with Gasteiger partial charge in [0.2, 0.25) is 0 Å². The summed E-state index contributed by atoms with van der Waals surface area (Å²) in [6.45, 7) is 2.12. The molecule has 0 aliphatic rings. The Kier molecular flexibility index (Phi) is 5.15. The number of carboxylic acid groups (broad SMARTS) is 1. The van der Waals surface area contributed by atoms with Gasteiger partial charge in [-0.15, -0.1) is 0 Å². The predicted octanol–water partition coefficient (Wildman–Crippen LogP) is 3.19. The molecular weight excluding hydrogens is 298 g/mol. The minimum Gasteiger partial charge on any atom is -0.478 e. The first kappa shape index (κ1) is 16.5. The van der Waals surface area contributed by atoms with Gasteiger partial charge in [-0.1, -0.05) is 36.0 Å². The number of carbonyl (C=O) groups is 1. The smallest absolute Gasteiger partial charge is 0.339 e. The van der Waals surface area contributed by atoms with E-state index in [1.54, 1.807) is 0 Å². The third-order valence-corrected chi connectivity index (χ3v) is 4.18. The predicted molar refractivity (Wildman–Crippen MR) is 88.3 cm³/mol. The number of benzene rings is 1. The van der Waals surface area contributed by atoms with E-state index in [1.807, 2.05) is 44.6 Å². The number of rotatable bonds is 5. The molecule has 1 heterocycles. The van der Waals surface area contributed by atoms with Gasteiger partial charge < -0.3 is 10.0 Å². The van der Waals surface area contributed by atoms with Crippen molar-refractivity contribution in [2.24, 2.45) is 0 Å². The highest BCUT2D eigenvalue weighted by molar-refractivity contribution is 7.98. The second kappa shape index (κ2) is 6.89. The maximum atomic E-state index is 11.4. The van der Waals surface area contributed by atoms with Crippen LogP contribution in [0.4, 0.5) is 0 Å². The number of aromatic nitrogens is 2. The van der Waals surface area contributed by atoms with Crippen LogP contribution < -0.4 is 0 Å². The highest BCUT2D eigenvalue weighted by Crippen LogP contribution is 2.26. The third kappa shape index (κ3) is 3.45. The second-order valence-electron chi connectivity index (χ2n) is 5.19. The molecule has 2 rings (SSSR count). The Morgan fingerprint density at radius 2 is 1.91 bits per heavy atom. The second-order valence-corrected chi connectivity index (χ2v) is 5.96. The molecule has 0 amide bonds. The largest absolute Gasteiger partial charge is 0.478 e. The molecule has 1 aromatic heterocycles. The normalized spacial score (nSPS) is 12.4. The molecule has 0 aliphatic carbocycles. The molecule has 0 fully saturated rings. The van der Waals surface area contributed by atoms with E-state index in [0.29, 0.717) is 16.9 Å². The standard InChI is InChI=1S/C16H19N3O2S/c1-10(19(2)3)11-5-7-12(8-6-11)14-13(15(20)21)9-17-16(18-14)22-4/h5-10H,1-4H3,(H,20,21)/t10-/m0/s1. The molecule has 1 N–H and O–H groups in total. The Labute approximate surface area is 134 Å². The van der Waals surface area contributed by atoms with Crippen molar-refractivity contribution in [3.63, 3.8) is 0 Å². The maximum Gasteiger partial charge on any atom is 0.339 e. The fraction of sp³-hybridized carbons (Fsp3) is 0.312. The Bertz CT molecular complexity index is 672. The highest BCUT2D eigenvalue weighted by atomic mass is 32.2. The average molecular weight is 317 g/mol. The van der Waals surface area contributed by atoms with E-state index < -0.39 is 5.97 Å². The van der Waals surface area contributed by atoms with Gasteiger partial charge in [-0.05, 0) is 32.8 Å². The van der Waals surface area contributed by atoms with Gasteiger partial charge in [0, 0.05) is 17.8 Å². The molecular formula is C16H19N3O2S. The maximum absolute atomic E-state index is 11.4. The van der Waals surface area contributed by atoms with Crippen molar-refractivity contribution < 1.29 is 9.90 Å². The topological polar surface area (TPSA) is 66.3 Å². The number of aromatic carboxylic acids is 1. The summed E-state index contributed by atoms with van der Waals surface area (Å²) in [5, 5.41) is 9.87. The molecule has 0 aliphatic heterocycles. The summed E-state index contributed by atoms with van der Waals surface area (Å²) < 4.78 is 0. The van der Waals surface area contributed by atoms with Crippen LogP contribution in [0.25, 0.3) is 11.3 Å². The molecule has 22 heavy (non-hydrogen) atoms. The van der Waals surface area contributed by atoms with Gasteiger partial charge in [0.15, 0.2) is 5.16 Å². The molecule has 1 atom stereocenters. The van der Waals surface area contributed by atoms with E-state index in [4.69, 9.17) is 0 Å². The first-order chi connectivity index (χ1) is 10.4. The average Bonchev–Trinajstić information content (AvgIpc) is 2.53. The molecule has 0 saturated carbocycles. The van der Waals surface area contributed by atoms with Crippen LogP contribution in [-0.4, -0.2) is 46.3 Å². The molecule has 0 bridgehead atoms. The van der Waals surface area contributed by atoms with E-state index in [1.165, 1.54) is 23.5 Å². The van der Waals surface area contributed by atoms with Crippen molar-refractivity contribution in [2.45, 2.75) is 18.1 Å². The Balaban J connectivity index is 2.45. The van der Waals surface area contributed by atoms with E-state index >= 15 is 0 Å². The third-order valence-electron chi connectivity index (χ3n) is 3.62. The van der Waals surface area contributed by atoms with Crippen LogP contribution >= 0.6 is 11.8 Å². The number of carboxylic acids is 1. The monoisotopic (exact) mass is 317 g/mol. The molecule has 2 aromatic rings. The van der Waals surface area contributed by atoms with Gasteiger partial charge in [0.25, 0.3) is 0 Å². The summed E-state index contributed by atoms with van der Waals surface area (Å²) in [7, 11) is 4.05. The van der Waals surface area contributed by atoms with Crippen LogP contribution in [0.1, 0.15) is 28.9 Å². The lowest BCUT2D eigenvalue weighted by molar-refractivity contribution is 0.0696. The van der Waals surface area contributed by atoms with Gasteiger partial charge in [-0.3, -0.25) is 0 Å². The number of nitrogens with zero attached hydrogens (tertiary/aromatic N) is 3. The zero-order chi connectivity index (χ0) is 16.3. The molecule has 1 aromatic carbocycles. The fourth-order valence-electron chi connectivity index (χ4n) is 2.06. The van der Waals surface area contributed by atoms with Crippen molar-refractivity contribution in [1.29, 1.82) is 0 Å². The lowest BCUT2D eigenvalue weighted by Crippen LogP contribution is -2.16. The summed E-state index contributed by atoms with van der Waals surface area (Å²) in [6, 6.07) is 8.13. The lowest BCUT2D eigenvalue weighted by atomic mass is 10.0. The first-order valence-corrected chi connectivity index (χ1v) is 8.07. The van der Waals surface area contributed by atoms with E-state index in [2.05, 4.69) is 21.8 Å². The van der Waals surface area contributed by atoms with Crippen LogP contribution in [0.3, 0.4) is 0 Å². The van der Waals surface area contributed by atoms with Gasteiger partial charge >= 0.3 is 5.97 Å².